The Labute approximate surface area is 163 Å². The molecule has 6 heteroatoms. The number of hydrogen-bond acceptors (Lipinski definition) is 3. The third-order valence-corrected chi connectivity index (χ3v) is 4.24. The van der Waals surface area contributed by atoms with Crippen LogP contribution >= 0.6 is 0 Å². The number of hydrogen-bond donors (Lipinski definition) is 2. The minimum Gasteiger partial charge on any atom is -0.326 e. The molecular weight excluding hydrogens is 354 g/mol. The minimum atomic E-state index is -0.311. The van der Waals surface area contributed by atoms with Crippen molar-refractivity contribution in [3.05, 3.63) is 70.6 Å². The van der Waals surface area contributed by atoms with Gasteiger partial charge < -0.3 is 15.2 Å². The zero-order valence-corrected chi connectivity index (χ0v) is 16.2. The molecule has 0 aliphatic carbocycles. The smallest absolute Gasteiger partial charge is 0.258 e. The molecule has 0 atom stereocenters. The molecule has 0 aliphatic heterocycles. The largest absolute Gasteiger partial charge is 0.326 e. The van der Waals surface area contributed by atoms with Gasteiger partial charge in [0.15, 0.2) is 0 Å². The maximum atomic E-state index is 13.0. The average Bonchev–Trinajstić information content (AvgIpc) is 2.63. The Bertz CT molecular complexity index is 1100. The fourth-order valence-corrected chi connectivity index (χ4v) is 3.13. The SMILES string of the molecule is CC(=O)Nc1cccc(NC(=O)c2cn(CC(C)C)c(=O)c3ccccc23)c1. The molecule has 0 radical (unpaired) electrons. The summed E-state index contributed by atoms with van der Waals surface area (Å²) in [6.45, 7) is 6.00. The summed E-state index contributed by atoms with van der Waals surface area (Å²) < 4.78 is 1.59. The molecule has 0 aliphatic rings. The molecule has 3 rings (SSSR count). The molecule has 0 saturated heterocycles. The Morgan fingerprint density at radius 3 is 2.25 bits per heavy atom. The van der Waals surface area contributed by atoms with Gasteiger partial charge in [-0.2, -0.15) is 0 Å². The van der Waals surface area contributed by atoms with E-state index in [1.807, 2.05) is 19.9 Å². The highest BCUT2D eigenvalue weighted by Gasteiger charge is 2.15. The first-order valence-corrected chi connectivity index (χ1v) is 9.16. The van der Waals surface area contributed by atoms with Crippen LogP contribution in [0.25, 0.3) is 10.8 Å². The summed E-state index contributed by atoms with van der Waals surface area (Å²) in [4.78, 5) is 37.0. The van der Waals surface area contributed by atoms with Crippen molar-refractivity contribution in [2.75, 3.05) is 10.6 Å². The molecule has 6 nitrogen and oxygen atoms in total. The van der Waals surface area contributed by atoms with Crippen LogP contribution in [0, 0.1) is 5.92 Å². The van der Waals surface area contributed by atoms with Crippen molar-refractivity contribution >= 4 is 34.0 Å². The Kier molecular flexibility index (Phi) is 5.59. The highest BCUT2D eigenvalue weighted by molar-refractivity contribution is 6.12. The van der Waals surface area contributed by atoms with Gasteiger partial charge in [0.1, 0.15) is 0 Å². The monoisotopic (exact) mass is 377 g/mol. The van der Waals surface area contributed by atoms with E-state index in [2.05, 4.69) is 10.6 Å². The summed E-state index contributed by atoms with van der Waals surface area (Å²) in [5.41, 5.74) is 1.48. The average molecular weight is 377 g/mol. The fourth-order valence-electron chi connectivity index (χ4n) is 3.13. The van der Waals surface area contributed by atoms with Crippen LogP contribution in [0.3, 0.4) is 0 Å². The molecule has 2 aromatic carbocycles. The summed E-state index contributed by atoms with van der Waals surface area (Å²) in [5.74, 6) is -0.229. The quantitative estimate of drug-likeness (QED) is 0.708. The molecule has 28 heavy (non-hydrogen) atoms. The molecule has 3 aromatic rings. The number of aromatic nitrogens is 1. The van der Waals surface area contributed by atoms with Crippen molar-refractivity contribution in [3.8, 4) is 0 Å². The first kappa shape index (κ1) is 19.4. The molecular formula is C22H23N3O3. The lowest BCUT2D eigenvalue weighted by atomic mass is 10.1. The van der Waals surface area contributed by atoms with E-state index in [-0.39, 0.29) is 23.3 Å². The lowest BCUT2D eigenvalue weighted by Gasteiger charge is -2.14. The first-order valence-electron chi connectivity index (χ1n) is 9.16. The first-order chi connectivity index (χ1) is 13.3. The van der Waals surface area contributed by atoms with Gasteiger partial charge in [-0.25, -0.2) is 0 Å². The maximum Gasteiger partial charge on any atom is 0.258 e. The van der Waals surface area contributed by atoms with Gasteiger partial charge in [-0.3, -0.25) is 14.4 Å². The number of anilines is 2. The molecule has 144 valence electrons. The van der Waals surface area contributed by atoms with E-state index in [4.69, 9.17) is 0 Å². The number of benzene rings is 2. The lowest BCUT2D eigenvalue weighted by molar-refractivity contribution is -0.114. The van der Waals surface area contributed by atoms with Gasteiger partial charge in [-0.05, 0) is 30.2 Å². The summed E-state index contributed by atoms with van der Waals surface area (Å²) in [6.07, 6.45) is 1.62. The number of nitrogens with zero attached hydrogens (tertiary/aromatic N) is 1. The van der Waals surface area contributed by atoms with E-state index in [1.54, 1.807) is 53.2 Å². The van der Waals surface area contributed by atoms with Gasteiger partial charge in [0, 0.05) is 41.8 Å². The van der Waals surface area contributed by atoms with E-state index in [0.717, 1.165) is 0 Å². The van der Waals surface area contributed by atoms with Crippen molar-refractivity contribution in [1.82, 2.24) is 4.57 Å². The topological polar surface area (TPSA) is 80.2 Å². The van der Waals surface area contributed by atoms with Crippen LogP contribution in [0.5, 0.6) is 0 Å². The molecule has 0 unspecified atom stereocenters. The summed E-state index contributed by atoms with van der Waals surface area (Å²) in [7, 11) is 0. The third kappa shape index (κ3) is 4.28. The zero-order chi connectivity index (χ0) is 20.3. The molecule has 0 fully saturated rings. The van der Waals surface area contributed by atoms with Crippen LogP contribution in [0.15, 0.2) is 59.5 Å². The van der Waals surface area contributed by atoms with Crippen molar-refractivity contribution < 1.29 is 9.59 Å². The highest BCUT2D eigenvalue weighted by Crippen LogP contribution is 2.20. The predicted octanol–water partition coefficient (Wildman–Crippen LogP) is 3.87. The van der Waals surface area contributed by atoms with Crippen molar-refractivity contribution in [2.45, 2.75) is 27.3 Å². The molecule has 2 amide bonds. The van der Waals surface area contributed by atoms with Crippen LogP contribution in [0.2, 0.25) is 0 Å². The Hall–Kier alpha value is -3.41. The molecule has 1 aromatic heterocycles. The number of carbonyl (C=O) groups is 2. The van der Waals surface area contributed by atoms with Gasteiger partial charge in [0.25, 0.3) is 11.5 Å². The minimum absolute atomic E-state index is 0.103. The van der Waals surface area contributed by atoms with Crippen LogP contribution in [0.4, 0.5) is 11.4 Å². The normalized spacial score (nSPS) is 10.9. The van der Waals surface area contributed by atoms with Crippen LogP contribution in [-0.4, -0.2) is 16.4 Å². The molecule has 1 heterocycles. The fraction of sp³-hybridized carbons (Fsp3) is 0.227. The van der Waals surface area contributed by atoms with Gasteiger partial charge >= 0.3 is 0 Å². The number of pyridine rings is 1. The molecule has 0 bridgehead atoms. The number of fused-ring (bicyclic) bond motifs is 1. The van der Waals surface area contributed by atoms with Crippen molar-refractivity contribution in [3.63, 3.8) is 0 Å². The second-order valence-electron chi connectivity index (χ2n) is 7.16. The van der Waals surface area contributed by atoms with E-state index < -0.39 is 0 Å². The Morgan fingerprint density at radius 1 is 0.964 bits per heavy atom. The number of nitrogens with one attached hydrogen (secondary N) is 2. The van der Waals surface area contributed by atoms with Crippen LogP contribution < -0.4 is 16.2 Å². The Balaban J connectivity index is 2.00. The van der Waals surface area contributed by atoms with E-state index in [9.17, 15) is 14.4 Å². The van der Waals surface area contributed by atoms with E-state index >= 15 is 0 Å². The predicted molar refractivity (Wildman–Crippen MR) is 112 cm³/mol. The van der Waals surface area contributed by atoms with Crippen LogP contribution in [-0.2, 0) is 11.3 Å². The van der Waals surface area contributed by atoms with Crippen molar-refractivity contribution in [1.29, 1.82) is 0 Å². The molecule has 0 saturated carbocycles. The van der Waals surface area contributed by atoms with Crippen molar-refractivity contribution in [2.24, 2.45) is 5.92 Å². The van der Waals surface area contributed by atoms with Gasteiger partial charge in [0.05, 0.1) is 5.56 Å². The maximum absolute atomic E-state index is 13.0. The summed E-state index contributed by atoms with van der Waals surface area (Å²) in [5, 5.41) is 6.68. The second-order valence-corrected chi connectivity index (χ2v) is 7.16. The standard InChI is InChI=1S/C22H23N3O3/c1-14(2)12-25-13-20(18-9-4-5-10-19(18)22(25)28)21(27)24-17-8-6-7-16(11-17)23-15(3)26/h4-11,13-14H,12H2,1-3H3,(H,23,26)(H,24,27). The highest BCUT2D eigenvalue weighted by atomic mass is 16.2. The third-order valence-electron chi connectivity index (χ3n) is 4.24. The number of amides is 2. The van der Waals surface area contributed by atoms with E-state index in [1.165, 1.54) is 6.92 Å². The van der Waals surface area contributed by atoms with E-state index in [0.29, 0.717) is 34.3 Å². The van der Waals surface area contributed by atoms with Gasteiger partial charge in [-0.1, -0.05) is 38.1 Å². The number of rotatable bonds is 5. The molecule has 0 spiro atoms. The van der Waals surface area contributed by atoms with Crippen LogP contribution in [0.1, 0.15) is 31.1 Å². The number of carbonyl (C=O) groups excluding carboxylic acids is 2. The van der Waals surface area contributed by atoms with Gasteiger partial charge in [-0.15, -0.1) is 0 Å². The lowest BCUT2D eigenvalue weighted by Crippen LogP contribution is -2.25. The van der Waals surface area contributed by atoms with Gasteiger partial charge in [0.2, 0.25) is 5.91 Å². The summed E-state index contributed by atoms with van der Waals surface area (Å²) >= 11 is 0. The zero-order valence-electron chi connectivity index (χ0n) is 16.2. The second kappa shape index (κ2) is 8.08. The molecule has 2 N–H and O–H groups in total. The Morgan fingerprint density at radius 2 is 1.61 bits per heavy atom. The summed E-state index contributed by atoms with van der Waals surface area (Å²) in [6, 6.07) is 14.0.